The van der Waals surface area contributed by atoms with Gasteiger partial charge in [-0.3, -0.25) is 4.79 Å². The van der Waals surface area contributed by atoms with E-state index in [2.05, 4.69) is 15.3 Å². The van der Waals surface area contributed by atoms with E-state index in [0.29, 0.717) is 5.69 Å². The molecule has 1 atom stereocenters. The fraction of sp³-hybridized carbons (Fsp3) is 0.500. The molecule has 1 aliphatic heterocycles. The molecule has 2 rings (SSSR count). The van der Waals surface area contributed by atoms with Crippen LogP contribution in [-0.4, -0.2) is 34.6 Å². The van der Waals surface area contributed by atoms with Gasteiger partial charge in [0, 0.05) is 0 Å². The van der Waals surface area contributed by atoms with E-state index >= 15 is 0 Å². The Morgan fingerprint density at radius 2 is 2.05 bits per heavy atom. The van der Waals surface area contributed by atoms with Crippen molar-refractivity contribution in [2.24, 2.45) is 0 Å². The molecule has 2 heterocycles. The number of alkyl halides is 3. The van der Waals surface area contributed by atoms with Gasteiger partial charge in [-0.25, -0.2) is 4.98 Å². The summed E-state index contributed by atoms with van der Waals surface area (Å²) in [5.41, 5.74) is 0.485. The third kappa shape index (κ3) is 2.58. The molecule has 0 aliphatic carbocycles. The van der Waals surface area contributed by atoms with E-state index in [1.165, 1.54) is 6.92 Å². The summed E-state index contributed by atoms with van der Waals surface area (Å²) in [5.74, 6) is -0.556. The van der Waals surface area contributed by atoms with Crippen molar-refractivity contribution in [3.05, 3.63) is 11.0 Å². The fourth-order valence-corrected chi connectivity index (χ4v) is 1.99. The lowest BCUT2D eigenvalue weighted by atomic mass is 10.2. The molecule has 1 aromatic rings. The molecular formula is C10H10ClF3N4O. The Morgan fingerprint density at radius 1 is 1.42 bits per heavy atom. The van der Waals surface area contributed by atoms with Crippen LogP contribution < -0.4 is 10.2 Å². The van der Waals surface area contributed by atoms with Gasteiger partial charge in [-0.05, 0) is 25.4 Å². The molecule has 0 spiro atoms. The molecule has 1 aromatic heterocycles. The van der Waals surface area contributed by atoms with Crippen molar-refractivity contribution in [1.29, 1.82) is 0 Å². The number of aryl methyl sites for hydroxylation is 1. The van der Waals surface area contributed by atoms with Crippen molar-refractivity contribution in [3.63, 3.8) is 0 Å². The molecule has 1 amide bonds. The first-order valence-electron chi connectivity index (χ1n) is 5.37. The quantitative estimate of drug-likeness (QED) is 0.806. The van der Waals surface area contributed by atoms with Gasteiger partial charge in [-0.15, -0.1) is 0 Å². The van der Waals surface area contributed by atoms with E-state index in [4.69, 9.17) is 11.6 Å². The van der Waals surface area contributed by atoms with Crippen molar-refractivity contribution in [1.82, 2.24) is 9.97 Å². The van der Waals surface area contributed by atoms with Crippen LogP contribution in [0.15, 0.2) is 0 Å². The summed E-state index contributed by atoms with van der Waals surface area (Å²) in [6.07, 6.45) is -4.47. The van der Waals surface area contributed by atoms with Gasteiger partial charge in [-0.1, -0.05) is 0 Å². The van der Waals surface area contributed by atoms with Gasteiger partial charge >= 0.3 is 6.18 Å². The summed E-state index contributed by atoms with van der Waals surface area (Å²) in [4.78, 5) is 20.0. The van der Waals surface area contributed by atoms with Crippen LogP contribution in [0.1, 0.15) is 12.6 Å². The molecule has 19 heavy (non-hydrogen) atoms. The minimum atomic E-state index is -4.47. The monoisotopic (exact) mass is 294 g/mol. The van der Waals surface area contributed by atoms with Gasteiger partial charge in [0.15, 0.2) is 5.82 Å². The number of hydrogen-bond acceptors (Lipinski definition) is 4. The number of nitrogens with one attached hydrogen (secondary N) is 1. The largest absolute Gasteiger partial charge is 0.408 e. The molecule has 1 aliphatic rings. The first-order valence-corrected chi connectivity index (χ1v) is 5.75. The maximum atomic E-state index is 12.8. The zero-order valence-electron chi connectivity index (χ0n) is 10.0. The molecule has 0 radical (unpaired) electrons. The predicted molar refractivity (Wildman–Crippen MR) is 63.3 cm³/mol. The maximum Gasteiger partial charge on any atom is 0.408 e. The summed E-state index contributed by atoms with van der Waals surface area (Å²) < 4.78 is 38.4. The van der Waals surface area contributed by atoms with Crippen molar-refractivity contribution in [2.45, 2.75) is 26.1 Å². The Hall–Kier alpha value is -1.57. The SMILES string of the molecule is Cc1nc(Cl)nc2c1NC(=O)CN2[C@@H](C)C(F)(F)F. The van der Waals surface area contributed by atoms with Crippen molar-refractivity contribution in [2.75, 3.05) is 16.8 Å². The van der Waals surface area contributed by atoms with Crippen LogP contribution >= 0.6 is 11.6 Å². The standard InChI is InChI=1S/C10H10ClF3N4O/c1-4-7-8(17-9(11)15-4)18(3-6(19)16-7)5(2)10(12,13)14/h5H,3H2,1-2H3,(H,16,19)/t5-/m0/s1. The van der Waals surface area contributed by atoms with Crippen molar-refractivity contribution in [3.8, 4) is 0 Å². The minimum absolute atomic E-state index is 0.0121. The number of fused-ring (bicyclic) bond motifs is 1. The summed E-state index contributed by atoms with van der Waals surface area (Å²) in [7, 11) is 0. The molecule has 0 aromatic carbocycles. The second-order valence-electron chi connectivity index (χ2n) is 4.17. The smallest absolute Gasteiger partial charge is 0.334 e. The highest BCUT2D eigenvalue weighted by molar-refractivity contribution is 6.28. The predicted octanol–water partition coefficient (Wildman–Crippen LogP) is 2.15. The Morgan fingerprint density at radius 3 is 2.63 bits per heavy atom. The number of halogens is 4. The van der Waals surface area contributed by atoms with E-state index in [9.17, 15) is 18.0 Å². The number of nitrogens with zero attached hydrogens (tertiary/aromatic N) is 3. The molecule has 104 valence electrons. The molecule has 0 saturated carbocycles. The van der Waals surface area contributed by atoms with E-state index in [1.807, 2.05) is 0 Å². The van der Waals surface area contributed by atoms with Crippen LogP contribution in [-0.2, 0) is 4.79 Å². The molecule has 0 unspecified atom stereocenters. The average molecular weight is 295 g/mol. The molecule has 5 nitrogen and oxygen atoms in total. The van der Waals surface area contributed by atoms with E-state index in [1.54, 1.807) is 0 Å². The number of rotatable bonds is 1. The van der Waals surface area contributed by atoms with Gasteiger partial charge in [0.05, 0.1) is 12.2 Å². The Labute approximate surface area is 111 Å². The number of amides is 1. The summed E-state index contributed by atoms with van der Waals surface area (Å²) in [5, 5.41) is 2.30. The topological polar surface area (TPSA) is 58.1 Å². The number of hydrogen-bond donors (Lipinski definition) is 1. The Balaban J connectivity index is 2.52. The highest BCUT2D eigenvalue weighted by atomic mass is 35.5. The van der Waals surface area contributed by atoms with Crippen LogP contribution in [0.5, 0.6) is 0 Å². The summed E-state index contributed by atoms with van der Waals surface area (Å²) >= 11 is 5.66. The molecule has 9 heteroatoms. The summed E-state index contributed by atoms with van der Waals surface area (Å²) in [6.45, 7) is 2.07. The maximum absolute atomic E-state index is 12.8. The lowest BCUT2D eigenvalue weighted by Gasteiger charge is -2.35. The Kier molecular flexibility index (Phi) is 3.29. The van der Waals surface area contributed by atoms with E-state index in [0.717, 1.165) is 11.8 Å². The van der Waals surface area contributed by atoms with Crippen LogP contribution in [0, 0.1) is 6.92 Å². The van der Waals surface area contributed by atoms with Gasteiger partial charge in [0.1, 0.15) is 11.7 Å². The van der Waals surface area contributed by atoms with Gasteiger partial charge in [0.25, 0.3) is 0 Å². The normalized spacial score (nSPS) is 16.9. The number of anilines is 2. The minimum Gasteiger partial charge on any atom is -0.334 e. The first-order chi connectivity index (χ1) is 8.70. The number of carbonyl (C=O) groups excluding carboxylic acids is 1. The highest BCUT2D eigenvalue weighted by Gasteiger charge is 2.43. The molecule has 1 N–H and O–H groups in total. The lowest BCUT2D eigenvalue weighted by molar-refractivity contribution is -0.145. The number of aromatic nitrogens is 2. The lowest BCUT2D eigenvalue weighted by Crippen LogP contribution is -2.50. The van der Waals surface area contributed by atoms with E-state index < -0.39 is 24.7 Å². The van der Waals surface area contributed by atoms with Crippen LogP contribution in [0.2, 0.25) is 5.28 Å². The molecule has 0 bridgehead atoms. The molecule has 0 saturated heterocycles. The summed E-state index contributed by atoms with van der Waals surface area (Å²) in [6, 6.07) is -1.84. The molecule has 0 fully saturated rings. The third-order valence-electron chi connectivity index (χ3n) is 2.84. The van der Waals surface area contributed by atoms with E-state index in [-0.39, 0.29) is 16.8 Å². The third-order valence-corrected chi connectivity index (χ3v) is 3.00. The number of carbonyl (C=O) groups is 1. The van der Waals surface area contributed by atoms with Crippen LogP contribution in [0.25, 0.3) is 0 Å². The van der Waals surface area contributed by atoms with Crippen molar-refractivity contribution < 1.29 is 18.0 Å². The second-order valence-corrected chi connectivity index (χ2v) is 4.51. The fourth-order valence-electron chi connectivity index (χ4n) is 1.78. The Bertz CT molecular complexity index is 534. The second kappa shape index (κ2) is 4.52. The average Bonchev–Trinajstić information content (AvgIpc) is 2.27. The zero-order valence-corrected chi connectivity index (χ0v) is 10.8. The van der Waals surface area contributed by atoms with Gasteiger partial charge < -0.3 is 10.2 Å². The molecular weight excluding hydrogens is 285 g/mol. The van der Waals surface area contributed by atoms with Gasteiger partial charge in [-0.2, -0.15) is 18.2 Å². The first kappa shape index (κ1) is 13.9. The van der Waals surface area contributed by atoms with Crippen molar-refractivity contribution >= 4 is 29.0 Å². The zero-order chi connectivity index (χ0) is 14.4. The van der Waals surface area contributed by atoms with Crippen LogP contribution in [0.3, 0.4) is 0 Å². The highest BCUT2D eigenvalue weighted by Crippen LogP contribution is 2.35. The van der Waals surface area contributed by atoms with Crippen LogP contribution in [0.4, 0.5) is 24.7 Å². The van der Waals surface area contributed by atoms with Gasteiger partial charge in [0.2, 0.25) is 11.2 Å².